The number of benzene rings is 2. The number of aromatic nitrogens is 4. The van der Waals surface area contributed by atoms with Gasteiger partial charge in [0.15, 0.2) is 5.16 Å². The molecule has 0 fully saturated rings. The number of nitrogens with zero attached hydrogens (tertiary/aromatic N) is 4. The second-order valence-corrected chi connectivity index (χ2v) is 7.76. The van der Waals surface area contributed by atoms with Gasteiger partial charge in [-0.1, -0.05) is 60.3 Å². The summed E-state index contributed by atoms with van der Waals surface area (Å²) in [5.41, 5.74) is 1.96. The van der Waals surface area contributed by atoms with Crippen molar-refractivity contribution in [3.05, 3.63) is 89.1 Å². The van der Waals surface area contributed by atoms with Crippen LogP contribution in [0, 0.1) is 0 Å². The predicted molar refractivity (Wildman–Crippen MR) is 111 cm³/mol. The van der Waals surface area contributed by atoms with Crippen LogP contribution < -0.4 is 5.32 Å². The standard InChI is InChI=1S/C20H17N5OS2/c26-17(13-28-20-24-22-14-25(20)16-9-5-2-6-10-16)23-18(19-21-11-12-27-19)15-7-3-1-4-8-15/h1-12,14,18H,13H2,(H,23,26). The molecule has 8 heteroatoms. The van der Waals surface area contributed by atoms with Gasteiger partial charge in [0.25, 0.3) is 0 Å². The molecule has 2 aromatic heterocycles. The summed E-state index contributed by atoms with van der Waals surface area (Å²) < 4.78 is 1.87. The Balaban J connectivity index is 1.45. The number of rotatable bonds is 7. The van der Waals surface area contributed by atoms with E-state index in [2.05, 4.69) is 20.5 Å². The normalized spacial score (nSPS) is 11.9. The van der Waals surface area contributed by atoms with Crippen molar-refractivity contribution in [2.45, 2.75) is 11.2 Å². The first-order valence-corrected chi connectivity index (χ1v) is 10.5. The average Bonchev–Trinajstić information content (AvgIpc) is 3.44. The second-order valence-electron chi connectivity index (χ2n) is 5.89. The van der Waals surface area contributed by atoms with Crippen molar-refractivity contribution in [2.75, 3.05) is 5.75 Å². The number of thioether (sulfide) groups is 1. The lowest BCUT2D eigenvalue weighted by atomic mass is 10.1. The molecule has 0 aliphatic rings. The van der Waals surface area contributed by atoms with E-state index in [-0.39, 0.29) is 17.7 Å². The molecule has 0 radical (unpaired) electrons. The van der Waals surface area contributed by atoms with Crippen LogP contribution >= 0.6 is 23.1 Å². The van der Waals surface area contributed by atoms with E-state index in [1.54, 1.807) is 12.5 Å². The summed E-state index contributed by atoms with van der Waals surface area (Å²) in [7, 11) is 0. The highest BCUT2D eigenvalue weighted by Crippen LogP contribution is 2.24. The zero-order valence-electron chi connectivity index (χ0n) is 14.8. The average molecular weight is 408 g/mol. The fourth-order valence-electron chi connectivity index (χ4n) is 2.73. The van der Waals surface area contributed by atoms with Crippen LogP contribution in [0.25, 0.3) is 5.69 Å². The molecule has 4 aromatic rings. The summed E-state index contributed by atoms with van der Waals surface area (Å²) >= 11 is 2.88. The number of carbonyl (C=O) groups is 1. The topological polar surface area (TPSA) is 72.7 Å². The van der Waals surface area contributed by atoms with E-state index >= 15 is 0 Å². The van der Waals surface area contributed by atoms with Gasteiger partial charge in [-0.05, 0) is 17.7 Å². The number of para-hydroxylation sites is 1. The van der Waals surface area contributed by atoms with Gasteiger partial charge in [-0.3, -0.25) is 9.36 Å². The lowest BCUT2D eigenvalue weighted by molar-refractivity contribution is -0.119. The number of carbonyl (C=O) groups excluding carboxylic acids is 1. The third-order valence-electron chi connectivity index (χ3n) is 4.02. The van der Waals surface area contributed by atoms with Gasteiger partial charge in [-0.2, -0.15) is 0 Å². The first-order chi connectivity index (χ1) is 13.8. The van der Waals surface area contributed by atoms with Gasteiger partial charge in [0.2, 0.25) is 5.91 Å². The van der Waals surface area contributed by atoms with E-state index in [0.717, 1.165) is 16.3 Å². The van der Waals surface area contributed by atoms with Gasteiger partial charge >= 0.3 is 0 Å². The molecule has 0 aliphatic carbocycles. The summed E-state index contributed by atoms with van der Waals surface area (Å²) in [5.74, 6) is 0.150. The highest BCUT2D eigenvalue weighted by atomic mass is 32.2. The number of nitrogens with one attached hydrogen (secondary N) is 1. The van der Waals surface area contributed by atoms with Gasteiger partial charge in [-0.15, -0.1) is 21.5 Å². The molecule has 28 heavy (non-hydrogen) atoms. The molecule has 4 rings (SSSR count). The number of amides is 1. The van der Waals surface area contributed by atoms with Gasteiger partial charge in [0.1, 0.15) is 17.4 Å². The summed E-state index contributed by atoms with van der Waals surface area (Å²) in [5, 5.41) is 14.6. The second kappa shape index (κ2) is 8.81. The molecular formula is C20H17N5OS2. The number of hydrogen-bond donors (Lipinski definition) is 1. The largest absolute Gasteiger partial charge is 0.342 e. The Bertz CT molecular complexity index is 1020. The molecule has 0 saturated carbocycles. The molecule has 140 valence electrons. The van der Waals surface area contributed by atoms with E-state index < -0.39 is 0 Å². The van der Waals surface area contributed by atoms with Crippen LogP contribution in [0.3, 0.4) is 0 Å². The first kappa shape index (κ1) is 18.4. The van der Waals surface area contributed by atoms with Crippen LogP contribution in [0.2, 0.25) is 0 Å². The molecule has 1 atom stereocenters. The molecule has 2 aromatic carbocycles. The van der Waals surface area contributed by atoms with E-state index in [1.165, 1.54) is 23.1 Å². The smallest absolute Gasteiger partial charge is 0.231 e. The molecule has 6 nitrogen and oxygen atoms in total. The third kappa shape index (κ3) is 4.29. The van der Waals surface area contributed by atoms with E-state index in [9.17, 15) is 4.79 Å². The Morgan fingerprint density at radius 3 is 2.57 bits per heavy atom. The van der Waals surface area contributed by atoms with Gasteiger partial charge in [0.05, 0.1) is 5.75 Å². The van der Waals surface area contributed by atoms with Crippen molar-refractivity contribution in [1.29, 1.82) is 0 Å². The van der Waals surface area contributed by atoms with Crippen LogP contribution in [0.1, 0.15) is 16.6 Å². The van der Waals surface area contributed by atoms with E-state index in [4.69, 9.17) is 0 Å². The molecule has 1 amide bonds. The lowest BCUT2D eigenvalue weighted by Gasteiger charge is -2.17. The third-order valence-corrected chi connectivity index (χ3v) is 5.80. The highest BCUT2D eigenvalue weighted by Gasteiger charge is 2.19. The van der Waals surface area contributed by atoms with Crippen LogP contribution in [-0.2, 0) is 4.79 Å². The van der Waals surface area contributed by atoms with Crippen LogP contribution in [-0.4, -0.2) is 31.4 Å². The van der Waals surface area contributed by atoms with Crippen molar-refractivity contribution in [1.82, 2.24) is 25.1 Å². The summed E-state index contributed by atoms with van der Waals surface area (Å²) in [6, 6.07) is 19.4. The zero-order chi connectivity index (χ0) is 19.2. The quantitative estimate of drug-likeness (QED) is 0.473. The summed E-state index contributed by atoms with van der Waals surface area (Å²) in [6.07, 6.45) is 3.40. The van der Waals surface area contributed by atoms with E-state index in [1.807, 2.05) is 70.6 Å². The molecule has 1 N–H and O–H groups in total. The number of hydrogen-bond acceptors (Lipinski definition) is 6. The van der Waals surface area contributed by atoms with Crippen LogP contribution in [0.5, 0.6) is 0 Å². The predicted octanol–water partition coefficient (Wildman–Crippen LogP) is 3.72. The molecule has 0 saturated heterocycles. The maximum atomic E-state index is 12.7. The Morgan fingerprint density at radius 1 is 1.11 bits per heavy atom. The Labute approximate surface area is 170 Å². The number of thiazole rings is 1. The summed E-state index contributed by atoms with van der Waals surface area (Å²) in [6.45, 7) is 0. The van der Waals surface area contributed by atoms with Crippen molar-refractivity contribution in [2.24, 2.45) is 0 Å². The fourth-order valence-corrected chi connectivity index (χ4v) is 4.19. The molecule has 2 heterocycles. The molecule has 0 aliphatic heterocycles. The van der Waals surface area contributed by atoms with Crippen LogP contribution in [0.15, 0.2) is 83.7 Å². The van der Waals surface area contributed by atoms with Crippen LogP contribution in [0.4, 0.5) is 0 Å². The molecule has 0 bridgehead atoms. The maximum absolute atomic E-state index is 12.7. The van der Waals surface area contributed by atoms with Crippen molar-refractivity contribution in [3.63, 3.8) is 0 Å². The molecule has 0 spiro atoms. The molecular weight excluding hydrogens is 390 g/mol. The Kier molecular flexibility index (Phi) is 5.79. The summed E-state index contributed by atoms with van der Waals surface area (Å²) in [4.78, 5) is 17.0. The van der Waals surface area contributed by atoms with Gasteiger partial charge in [-0.25, -0.2) is 4.98 Å². The van der Waals surface area contributed by atoms with Crippen molar-refractivity contribution in [3.8, 4) is 5.69 Å². The van der Waals surface area contributed by atoms with Gasteiger partial charge in [0, 0.05) is 17.3 Å². The van der Waals surface area contributed by atoms with Gasteiger partial charge < -0.3 is 5.32 Å². The first-order valence-electron chi connectivity index (χ1n) is 8.63. The monoisotopic (exact) mass is 407 g/mol. The fraction of sp³-hybridized carbons (Fsp3) is 0.100. The zero-order valence-corrected chi connectivity index (χ0v) is 16.4. The minimum absolute atomic E-state index is 0.0864. The Morgan fingerprint density at radius 2 is 1.86 bits per heavy atom. The highest BCUT2D eigenvalue weighted by molar-refractivity contribution is 7.99. The lowest BCUT2D eigenvalue weighted by Crippen LogP contribution is -2.30. The maximum Gasteiger partial charge on any atom is 0.231 e. The van der Waals surface area contributed by atoms with E-state index in [0.29, 0.717) is 5.16 Å². The minimum atomic E-state index is -0.263. The van der Waals surface area contributed by atoms with Crippen molar-refractivity contribution >= 4 is 29.0 Å². The Hall–Kier alpha value is -2.97. The van der Waals surface area contributed by atoms with Crippen molar-refractivity contribution < 1.29 is 4.79 Å². The minimum Gasteiger partial charge on any atom is -0.342 e. The molecule has 1 unspecified atom stereocenters. The SMILES string of the molecule is O=C(CSc1nncn1-c1ccccc1)NC(c1ccccc1)c1nccs1.